The number of amides is 1. The number of carbonyl (C=O) groups excluding carboxylic acids is 1. The summed E-state index contributed by atoms with van der Waals surface area (Å²) in [6.07, 6.45) is 7.46. The lowest BCUT2D eigenvalue weighted by Crippen LogP contribution is -2.23. The summed E-state index contributed by atoms with van der Waals surface area (Å²) in [5, 5.41) is 10.6. The molecule has 2 aromatic heterocycles. The van der Waals surface area contributed by atoms with Gasteiger partial charge in [-0.3, -0.25) is 9.48 Å². The molecular weight excluding hydrogens is 340 g/mol. The summed E-state index contributed by atoms with van der Waals surface area (Å²) in [6.45, 7) is 9.75. The molecule has 142 valence electrons. The average Bonchev–Trinajstić information content (AvgIpc) is 3.39. The molecule has 0 spiro atoms. The fourth-order valence-corrected chi connectivity index (χ4v) is 2.87. The highest BCUT2D eigenvalue weighted by Gasteiger charge is 2.30. The van der Waals surface area contributed by atoms with Crippen LogP contribution in [0.15, 0.2) is 29.3 Å². The van der Waals surface area contributed by atoms with Gasteiger partial charge in [0.25, 0.3) is 0 Å². The molecule has 1 saturated carbocycles. The van der Waals surface area contributed by atoms with Crippen molar-refractivity contribution in [3.63, 3.8) is 0 Å². The minimum absolute atomic E-state index is 0.000153. The topological polar surface area (TPSA) is 84.2 Å². The summed E-state index contributed by atoms with van der Waals surface area (Å²) in [5.74, 6) is 1.31. The first-order valence-electron chi connectivity index (χ1n) is 9.16. The summed E-state index contributed by atoms with van der Waals surface area (Å²) in [5.41, 5.74) is 3.57. The van der Waals surface area contributed by atoms with Gasteiger partial charge in [0.05, 0.1) is 5.69 Å². The van der Waals surface area contributed by atoms with E-state index in [1.165, 1.54) is 0 Å². The average molecular weight is 366 g/mol. The molecule has 7 heteroatoms. The number of aromatic nitrogens is 3. The largest absolute Gasteiger partial charge is 0.373 e. The molecule has 1 aliphatic rings. The van der Waals surface area contributed by atoms with Crippen LogP contribution >= 0.6 is 0 Å². The minimum atomic E-state index is -0.000153. The molecule has 2 aromatic rings. The third-order valence-corrected chi connectivity index (χ3v) is 4.67. The van der Waals surface area contributed by atoms with Gasteiger partial charge in [-0.25, -0.2) is 9.98 Å². The summed E-state index contributed by atoms with van der Waals surface area (Å²) in [4.78, 5) is 20.6. The van der Waals surface area contributed by atoms with Crippen molar-refractivity contribution in [3.05, 3.63) is 35.4 Å². The first-order chi connectivity index (χ1) is 12.9. The van der Waals surface area contributed by atoms with Crippen LogP contribution in [0.25, 0.3) is 17.3 Å². The van der Waals surface area contributed by atoms with E-state index in [0.29, 0.717) is 5.82 Å². The molecular formula is C20H26N6O. The second-order valence-corrected chi connectivity index (χ2v) is 7.04. The summed E-state index contributed by atoms with van der Waals surface area (Å²) in [6, 6.07) is 2.24. The van der Waals surface area contributed by atoms with Crippen LogP contribution in [0.5, 0.6) is 0 Å². The monoisotopic (exact) mass is 366 g/mol. The van der Waals surface area contributed by atoms with Gasteiger partial charge in [-0.05, 0) is 63.6 Å². The molecule has 1 amide bonds. The predicted octanol–water partition coefficient (Wildman–Crippen LogP) is 3.40. The van der Waals surface area contributed by atoms with Gasteiger partial charge >= 0.3 is 0 Å². The molecule has 0 radical (unpaired) electrons. The van der Waals surface area contributed by atoms with Gasteiger partial charge in [0.1, 0.15) is 11.6 Å². The van der Waals surface area contributed by atoms with Crippen molar-refractivity contribution in [2.75, 3.05) is 12.4 Å². The molecule has 1 fully saturated rings. The Morgan fingerprint density at radius 3 is 2.74 bits per heavy atom. The van der Waals surface area contributed by atoms with Crippen LogP contribution in [0.1, 0.15) is 43.9 Å². The molecule has 0 bridgehead atoms. The second kappa shape index (κ2) is 7.73. The lowest BCUT2D eigenvalue weighted by atomic mass is 10.0. The maximum atomic E-state index is 12.1. The number of nitrogens with one attached hydrogen (secondary N) is 2. The van der Waals surface area contributed by atoms with Crippen molar-refractivity contribution in [3.8, 4) is 11.3 Å². The van der Waals surface area contributed by atoms with E-state index >= 15 is 0 Å². The van der Waals surface area contributed by atoms with Crippen LogP contribution in [0.4, 0.5) is 5.82 Å². The van der Waals surface area contributed by atoms with E-state index in [0.717, 1.165) is 41.0 Å². The molecule has 3 rings (SSSR count). The first kappa shape index (κ1) is 18.8. The highest BCUT2D eigenvalue weighted by molar-refractivity contribution is 5.85. The number of carbonyl (C=O) groups is 1. The number of hydrogen-bond donors (Lipinski definition) is 2. The first-order valence-corrected chi connectivity index (χ1v) is 9.16. The molecule has 0 saturated heterocycles. The molecule has 2 N–H and O–H groups in total. The zero-order valence-corrected chi connectivity index (χ0v) is 16.3. The molecule has 0 atom stereocenters. The summed E-state index contributed by atoms with van der Waals surface area (Å²) in [7, 11) is 1.83. The molecule has 0 aliphatic heterocycles. The van der Waals surface area contributed by atoms with Crippen molar-refractivity contribution in [2.24, 2.45) is 10.9 Å². The van der Waals surface area contributed by atoms with Crippen LogP contribution in [-0.2, 0) is 4.79 Å². The number of rotatable bonds is 7. The zero-order valence-electron chi connectivity index (χ0n) is 16.3. The van der Waals surface area contributed by atoms with Crippen molar-refractivity contribution in [1.29, 1.82) is 0 Å². The van der Waals surface area contributed by atoms with Crippen LogP contribution < -0.4 is 10.6 Å². The highest BCUT2D eigenvalue weighted by atomic mass is 16.2. The fraction of sp³-hybridized carbons (Fsp3) is 0.400. The van der Waals surface area contributed by atoms with Crippen molar-refractivity contribution in [1.82, 2.24) is 20.1 Å². The summed E-state index contributed by atoms with van der Waals surface area (Å²) >= 11 is 0. The van der Waals surface area contributed by atoms with Crippen LogP contribution in [-0.4, -0.2) is 34.4 Å². The van der Waals surface area contributed by atoms with E-state index in [2.05, 4.69) is 46.3 Å². The molecule has 0 unspecified atom stereocenters. The Hall–Kier alpha value is -2.96. The van der Waals surface area contributed by atoms with E-state index in [-0.39, 0.29) is 17.9 Å². The number of pyridine rings is 1. The maximum Gasteiger partial charge on any atom is 0.228 e. The molecule has 0 aromatic carbocycles. The van der Waals surface area contributed by atoms with E-state index in [1.54, 1.807) is 6.20 Å². The lowest BCUT2D eigenvalue weighted by molar-refractivity contribution is -0.121. The Labute approximate surface area is 159 Å². The van der Waals surface area contributed by atoms with Gasteiger partial charge in [0.2, 0.25) is 5.91 Å². The van der Waals surface area contributed by atoms with Gasteiger partial charge < -0.3 is 10.6 Å². The van der Waals surface area contributed by atoms with Crippen LogP contribution in [0.2, 0.25) is 0 Å². The number of aliphatic imine (C=N–C) groups is 1. The van der Waals surface area contributed by atoms with Crippen LogP contribution in [0.3, 0.4) is 0 Å². The SMILES string of the molecule is C=N/C(=C\c1c(-c2ccn(C(C)C)n2)cnc(NC)c1C)NC(=O)C1CC1. The fourth-order valence-electron chi connectivity index (χ4n) is 2.87. The van der Waals surface area contributed by atoms with Gasteiger partial charge in [-0.2, -0.15) is 5.10 Å². The quantitative estimate of drug-likeness (QED) is 0.736. The Morgan fingerprint density at radius 1 is 1.44 bits per heavy atom. The lowest BCUT2D eigenvalue weighted by Gasteiger charge is -2.13. The zero-order chi connectivity index (χ0) is 19.6. The number of anilines is 1. The smallest absolute Gasteiger partial charge is 0.228 e. The van der Waals surface area contributed by atoms with Gasteiger partial charge in [-0.15, -0.1) is 0 Å². The Morgan fingerprint density at radius 2 is 2.19 bits per heavy atom. The Bertz CT molecular complexity index is 892. The number of hydrogen-bond acceptors (Lipinski definition) is 5. The molecule has 1 aliphatic carbocycles. The standard InChI is InChI=1S/C20H26N6O/c1-12(2)26-9-8-17(25-26)16-11-23-19(22-5)13(3)15(16)10-18(21-4)24-20(27)14-6-7-14/h8-12,14H,4,6-7H2,1-3,5H3,(H,22,23)(H,24,27)/b18-10+. The van der Waals surface area contributed by atoms with E-state index < -0.39 is 0 Å². The minimum Gasteiger partial charge on any atom is -0.373 e. The summed E-state index contributed by atoms with van der Waals surface area (Å²) < 4.78 is 1.91. The third kappa shape index (κ3) is 4.07. The van der Waals surface area contributed by atoms with Gasteiger partial charge in [0, 0.05) is 37.0 Å². The van der Waals surface area contributed by atoms with Crippen LogP contribution in [0, 0.1) is 12.8 Å². The Balaban J connectivity index is 2.05. The predicted molar refractivity (Wildman–Crippen MR) is 109 cm³/mol. The molecule has 27 heavy (non-hydrogen) atoms. The second-order valence-electron chi connectivity index (χ2n) is 7.04. The normalized spacial score (nSPS) is 14.3. The maximum absolute atomic E-state index is 12.1. The van der Waals surface area contributed by atoms with Gasteiger partial charge in [-0.1, -0.05) is 0 Å². The van der Waals surface area contributed by atoms with E-state index in [4.69, 9.17) is 0 Å². The van der Waals surface area contributed by atoms with Gasteiger partial charge in [0.15, 0.2) is 0 Å². The van der Waals surface area contributed by atoms with Crippen molar-refractivity contribution in [2.45, 2.75) is 39.7 Å². The molecule has 2 heterocycles. The number of nitrogens with zero attached hydrogens (tertiary/aromatic N) is 4. The van der Waals surface area contributed by atoms with Crippen molar-refractivity contribution >= 4 is 24.5 Å². The van der Waals surface area contributed by atoms with E-state index in [1.807, 2.05) is 37.0 Å². The van der Waals surface area contributed by atoms with E-state index in [9.17, 15) is 4.79 Å². The van der Waals surface area contributed by atoms with Crippen molar-refractivity contribution < 1.29 is 4.79 Å². The third-order valence-electron chi connectivity index (χ3n) is 4.67. The molecule has 7 nitrogen and oxygen atoms in total. The highest BCUT2D eigenvalue weighted by Crippen LogP contribution is 2.31. The Kier molecular flexibility index (Phi) is 5.39.